The Hall–Kier alpha value is -1.14. The second-order valence-electron chi connectivity index (χ2n) is 5.27. The van der Waals surface area contributed by atoms with Crippen LogP contribution in [0.5, 0.6) is 0 Å². The summed E-state index contributed by atoms with van der Waals surface area (Å²) in [4.78, 5) is 0. The fourth-order valence-corrected chi connectivity index (χ4v) is 1.76. The first-order valence-electron chi connectivity index (χ1n) is 6.94. The SMILES string of the molecule is CC(C)CCOCCNCc1ccc(F)cc1C(F)(F)F. The predicted octanol–water partition coefficient (Wildman–Crippen LogP) is 4.00. The molecule has 0 spiro atoms. The van der Waals surface area contributed by atoms with Crippen LogP contribution in [0.3, 0.4) is 0 Å². The topological polar surface area (TPSA) is 21.3 Å². The third-order valence-electron chi connectivity index (χ3n) is 2.96. The van der Waals surface area contributed by atoms with E-state index in [0.29, 0.717) is 31.7 Å². The molecule has 21 heavy (non-hydrogen) atoms. The molecule has 6 heteroatoms. The normalized spacial score (nSPS) is 12.1. The Morgan fingerprint density at radius 1 is 1.19 bits per heavy atom. The van der Waals surface area contributed by atoms with Gasteiger partial charge in [-0.15, -0.1) is 0 Å². The van der Waals surface area contributed by atoms with Gasteiger partial charge in [0.15, 0.2) is 0 Å². The number of nitrogens with one attached hydrogen (secondary N) is 1. The van der Waals surface area contributed by atoms with Gasteiger partial charge in [0, 0.05) is 19.7 Å². The molecular weight excluding hydrogens is 286 g/mol. The first kappa shape index (κ1) is 17.9. The quantitative estimate of drug-likeness (QED) is 0.579. The predicted molar refractivity (Wildman–Crippen MR) is 73.4 cm³/mol. The highest BCUT2D eigenvalue weighted by molar-refractivity contribution is 5.30. The lowest BCUT2D eigenvalue weighted by molar-refractivity contribution is -0.138. The van der Waals surface area contributed by atoms with E-state index in [1.165, 1.54) is 0 Å². The van der Waals surface area contributed by atoms with Crippen LogP contribution in [-0.4, -0.2) is 19.8 Å². The number of benzene rings is 1. The van der Waals surface area contributed by atoms with Gasteiger partial charge in [0.25, 0.3) is 0 Å². The fourth-order valence-electron chi connectivity index (χ4n) is 1.76. The molecule has 0 atom stereocenters. The molecule has 0 aliphatic carbocycles. The zero-order valence-corrected chi connectivity index (χ0v) is 12.3. The maximum absolute atomic E-state index is 12.9. The molecule has 0 aliphatic rings. The van der Waals surface area contributed by atoms with Gasteiger partial charge in [-0.2, -0.15) is 13.2 Å². The lowest BCUT2D eigenvalue weighted by Crippen LogP contribution is -2.22. The van der Waals surface area contributed by atoms with Gasteiger partial charge >= 0.3 is 6.18 Å². The van der Waals surface area contributed by atoms with Gasteiger partial charge in [-0.05, 0) is 30.0 Å². The standard InChI is InChI=1S/C15H21F4NO/c1-11(2)5-7-21-8-6-20-10-12-3-4-13(16)9-14(12)15(17,18)19/h3-4,9,11,20H,5-8,10H2,1-2H3. The Kier molecular flexibility index (Phi) is 7.11. The molecule has 0 amide bonds. The van der Waals surface area contributed by atoms with Crippen LogP contribution in [0.15, 0.2) is 18.2 Å². The van der Waals surface area contributed by atoms with Crippen LogP contribution in [0.4, 0.5) is 17.6 Å². The average Bonchev–Trinajstić information content (AvgIpc) is 2.37. The second kappa shape index (κ2) is 8.34. The van der Waals surface area contributed by atoms with Crippen LogP contribution in [0.25, 0.3) is 0 Å². The van der Waals surface area contributed by atoms with Gasteiger partial charge in [0.1, 0.15) is 5.82 Å². The van der Waals surface area contributed by atoms with E-state index in [4.69, 9.17) is 4.74 Å². The van der Waals surface area contributed by atoms with Gasteiger partial charge in [-0.1, -0.05) is 19.9 Å². The molecule has 1 aromatic rings. The molecule has 2 nitrogen and oxygen atoms in total. The highest BCUT2D eigenvalue weighted by atomic mass is 19.4. The van der Waals surface area contributed by atoms with E-state index in [1.54, 1.807) is 0 Å². The van der Waals surface area contributed by atoms with Crippen LogP contribution < -0.4 is 5.32 Å². The summed E-state index contributed by atoms with van der Waals surface area (Å²) < 4.78 is 56.6. The van der Waals surface area contributed by atoms with Crippen LogP contribution >= 0.6 is 0 Å². The molecule has 0 bridgehead atoms. The minimum atomic E-state index is -4.55. The zero-order valence-electron chi connectivity index (χ0n) is 12.3. The van der Waals surface area contributed by atoms with E-state index in [2.05, 4.69) is 19.2 Å². The number of alkyl halides is 3. The molecule has 0 saturated heterocycles. The van der Waals surface area contributed by atoms with Crippen LogP contribution in [0.2, 0.25) is 0 Å². The van der Waals surface area contributed by atoms with Crippen molar-refractivity contribution in [2.24, 2.45) is 5.92 Å². The lowest BCUT2D eigenvalue weighted by atomic mass is 10.1. The Bertz CT molecular complexity index is 432. The summed E-state index contributed by atoms with van der Waals surface area (Å²) in [6, 6.07) is 2.71. The molecule has 1 aromatic carbocycles. The van der Waals surface area contributed by atoms with Crippen molar-refractivity contribution in [3.63, 3.8) is 0 Å². The number of ether oxygens (including phenoxy) is 1. The molecule has 0 fully saturated rings. The molecule has 0 aliphatic heterocycles. The summed E-state index contributed by atoms with van der Waals surface area (Å²) in [5.41, 5.74) is -0.901. The molecule has 1 N–H and O–H groups in total. The average molecular weight is 307 g/mol. The first-order valence-corrected chi connectivity index (χ1v) is 6.94. The Balaban J connectivity index is 2.39. The Morgan fingerprint density at radius 3 is 2.52 bits per heavy atom. The molecule has 1 rings (SSSR count). The van der Waals surface area contributed by atoms with E-state index in [0.717, 1.165) is 18.6 Å². The Labute approximate surface area is 122 Å². The minimum absolute atomic E-state index is 0.0304. The highest BCUT2D eigenvalue weighted by Gasteiger charge is 2.33. The lowest BCUT2D eigenvalue weighted by Gasteiger charge is -2.13. The van der Waals surface area contributed by atoms with Crippen LogP contribution in [0.1, 0.15) is 31.4 Å². The van der Waals surface area contributed by atoms with Gasteiger partial charge in [0.05, 0.1) is 12.2 Å². The van der Waals surface area contributed by atoms with Crippen molar-refractivity contribution < 1.29 is 22.3 Å². The summed E-state index contributed by atoms with van der Waals surface area (Å²) in [7, 11) is 0. The van der Waals surface area contributed by atoms with Crippen molar-refractivity contribution in [2.75, 3.05) is 19.8 Å². The van der Waals surface area contributed by atoms with Crippen molar-refractivity contribution in [3.8, 4) is 0 Å². The van der Waals surface area contributed by atoms with Gasteiger partial charge in [-0.3, -0.25) is 0 Å². The first-order chi connectivity index (χ1) is 9.80. The molecule has 0 saturated carbocycles. The minimum Gasteiger partial charge on any atom is -0.380 e. The molecule has 0 heterocycles. The summed E-state index contributed by atoms with van der Waals surface area (Å²) >= 11 is 0. The third kappa shape index (κ3) is 6.91. The Morgan fingerprint density at radius 2 is 1.90 bits per heavy atom. The molecular formula is C15H21F4NO. The van der Waals surface area contributed by atoms with Crippen LogP contribution in [0, 0.1) is 11.7 Å². The van der Waals surface area contributed by atoms with E-state index >= 15 is 0 Å². The molecule has 0 unspecified atom stereocenters. The number of hydrogen-bond donors (Lipinski definition) is 1. The monoisotopic (exact) mass is 307 g/mol. The van der Waals surface area contributed by atoms with Gasteiger partial charge < -0.3 is 10.1 Å². The number of hydrogen-bond acceptors (Lipinski definition) is 2. The second-order valence-corrected chi connectivity index (χ2v) is 5.27. The molecule has 0 radical (unpaired) electrons. The van der Waals surface area contributed by atoms with Crippen molar-refractivity contribution in [2.45, 2.75) is 33.0 Å². The molecule has 0 aromatic heterocycles. The van der Waals surface area contributed by atoms with Crippen molar-refractivity contribution in [1.82, 2.24) is 5.32 Å². The van der Waals surface area contributed by atoms with Crippen molar-refractivity contribution >= 4 is 0 Å². The summed E-state index contributed by atoms with van der Waals surface area (Å²) in [6.45, 7) is 5.75. The zero-order chi connectivity index (χ0) is 15.9. The summed E-state index contributed by atoms with van der Waals surface area (Å²) in [6.07, 6.45) is -3.59. The maximum atomic E-state index is 12.9. The van der Waals surface area contributed by atoms with Crippen molar-refractivity contribution in [3.05, 3.63) is 35.1 Å². The van der Waals surface area contributed by atoms with Crippen LogP contribution in [-0.2, 0) is 17.5 Å². The summed E-state index contributed by atoms with van der Waals surface area (Å²) in [5, 5.41) is 2.87. The van der Waals surface area contributed by atoms with E-state index in [-0.39, 0.29) is 12.1 Å². The molecule has 120 valence electrons. The third-order valence-corrected chi connectivity index (χ3v) is 2.96. The van der Waals surface area contributed by atoms with Gasteiger partial charge in [-0.25, -0.2) is 4.39 Å². The van der Waals surface area contributed by atoms with E-state index < -0.39 is 17.6 Å². The van der Waals surface area contributed by atoms with Crippen molar-refractivity contribution in [1.29, 1.82) is 0 Å². The highest BCUT2D eigenvalue weighted by Crippen LogP contribution is 2.32. The smallest absolute Gasteiger partial charge is 0.380 e. The maximum Gasteiger partial charge on any atom is 0.416 e. The summed E-state index contributed by atoms with van der Waals surface area (Å²) in [5.74, 6) is -0.324. The van der Waals surface area contributed by atoms with E-state index in [1.807, 2.05) is 0 Å². The van der Waals surface area contributed by atoms with E-state index in [9.17, 15) is 17.6 Å². The fraction of sp³-hybridized carbons (Fsp3) is 0.600. The van der Waals surface area contributed by atoms with Gasteiger partial charge in [0.2, 0.25) is 0 Å². The number of halogens is 4. The largest absolute Gasteiger partial charge is 0.416 e. The number of rotatable bonds is 8.